The number of hydrogen-bond acceptors (Lipinski definition) is 10. The van der Waals surface area contributed by atoms with Gasteiger partial charge in [0, 0.05) is 67.9 Å². The van der Waals surface area contributed by atoms with Crippen LogP contribution in [0.5, 0.6) is 0 Å². The summed E-state index contributed by atoms with van der Waals surface area (Å²) in [4.78, 5) is 59.4. The Morgan fingerprint density at radius 2 is 1.82 bits per heavy atom. The highest BCUT2D eigenvalue weighted by Gasteiger charge is 2.31. The van der Waals surface area contributed by atoms with Crippen molar-refractivity contribution in [2.45, 2.75) is 63.8 Å². The molecule has 5 aromatic rings. The molecule has 56 heavy (non-hydrogen) atoms. The quantitative estimate of drug-likeness (QED) is 0.0641. The van der Waals surface area contributed by atoms with E-state index in [1.807, 2.05) is 24.3 Å². The Morgan fingerprint density at radius 1 is 1.00 bits per heavy atom. The minimum atomic E-state index is -0.780. The molecule has 2 aliphatic heterocycles. The normalized spacial score (nSPS) is 16.3. The summed E-state index contributed by atoms with van der Waals surface area (Å²) in [6.45, 7) is 2.82. The predicted octanol–water partition coefficient (Wildman–Crippen LogP) is 4.65. The minimum Gasteiger partial charge on any atom is -0.407 e. The molecule has 14 nitrogen and oxygen atoms in total. The second-order valence-electron chi connectivity index (χ2n) is 13.7. The van der Waals surface area contributed by atoms with E-state index in [2.05, 4.69) is 54.8 Å². The molecule has 2 aromatic carbocycles. The van der Waals surface area contributed by atoms with E-state index in [1.165, 1.54) is 16.3 Å². The molecule has 0 spiro atoms. The first kappa shape index (κ1) is 38.1. The number of urea groups is 1. The van der Waals surface area contributed by atoms with Gasteiger partial charge in [0.25, 0.3) is 0 Å². The summed E-state index contributed by atoms with van der Waals surface area (Å²) in [6.07, 6.45) is 6.55. The monoisotopic (exact) mass is 761 g/mol. The largest absolute Gasteiger partial charge is 0.420 e. The number of para-hydroxylation sites is 1. The molecule has 2 fully saturated rings. The summed E-state index contributed by atoms with van der Waals surface area (Å²) in [5.74, 6) is 3.92. The number of likely N-dealkylation sites (tertiary alicyclic amines) is 1. The molecule has 3 aromatic heterocycles. The number of piperidine rings is 2. The lowest BCUT2D eigenvalue weighted by atomic mass is 10.0. The average Bonchev–Trinajstić information content (AvgIpc) is 3.53. The van der Waals surface area contributed by atoms with Crippen LogP contribution in [0.2, 0.25) is 0 Å². The first-order chi connectivity index (χ1) is 27.2. The van der Waals surface area contributed by atoms with Crippen LogP contribution in [-0.2, 0) is 33.9 Å². The number of aliphatic hydroxyl groups excluding tert-OH is 1. The molecule has 4 amide bonds. The zero-order valence-electron chi connectivity index (χ0n) is 30.4. The van der Waals surface area contributed by atoms with Crippen molar-refractivity contribution in [2.24, 2.45) is 0 Å². The first-order valence-corrected chi connectivity index (χ1v) is 18.4. The lowest BCUT2D eigenvalue weighted by Gasteiger charge is -2.32. The number of rotatable bonds is 11. The molecule has 1 atom stereocenters. The van der Waals surface area contributed by atoms with Crippen molar-refractivity contribution in [1.29, 1.82) is 0 Å². The number of aryl methyl sites for hydroxylation is 1. The molecule has 288 valence electrons. The number of aromatic nitrogens is 3. The van der Waals surface area contributed by atoms with E-state index in [-0.39, 0.29) is 36.1 Å². The second-order valence-corrected chi connectivity index (χ2v) is 13.7. The zero-order chi connectivity index (χ0) is 39.0. The topological polar surface area (TPSA) is 181 Å². The van der Waals surface area contributed by atoms with Crippen LogP contribution in [0.4, 0.5) is 20.6 Å². The van der Waals surface area contributed by atoms with E-state index in [1.54, 1.807) is 18.2 Å². The highest BCUT2D eigenvalue weighted by molar-refractivity contribution is 6.00. The van der Waals surface area contributed by atoms with Crippen LogP contribution in [0.15, 0.2) is 82.3 Å². The van der Waals surface area contributed by atoms with Gasteiger partial charge in [0.2, 0.25) is 17.8 Å². The van der Waals surface area contributed by atoms with Gasteiger partial charge in [-0.2, -0.15) is 4.39 Å². The Hall–Kier alpha value is -6.21. The van der Waals surface area contributed by atoms with Gasteiger partial charge in [-0.15, -0.1) is 0 Å². The SMILES string of the molecule is O=C1CCC(n2c(=O)oc3c(CCCOC4CCN(Cc5ccc(C#Cc6cc(NC(=O)Nc7cc(F)ncc7CO)ccn6)cc5)CC4)cccc32)C(=O)N1. The molecule has 0 saturated carbocycles. The van der Waals surface area contributed by atoms with E-state index < -0.39 is 36.3 Å². The number of oxazole rings is 1. The Labute approximate surface area is 321 Å². The van der Waals surface area contributed by atoms with Gasteiger partial charge in [-0.05, 0) is 79.5 Å². The zero-order valence-corrected chi connectivity index (χ0v) is 30.4. The molecule has 4 N–H and O–H groups in total. The highest BCUT2D eigenvalue weighted by Crippen LogP contribution is 2.26. The van der Waals surface area contributed by atoms with Crippen LogP contribution in [0.3, 0.4) is 0 Å². The number of nitrogens with zero attached hydrogens (tertiary/aromatic N) is 4. The van der Waals surface area contributed by atoms with Crippen LogP contribution >= 0.6 is 0 Å². The third kappa shape index (κ3) is 9.35. The fourth-order valence-corrected chi connectivity index (χ4v) is 6.93. The number of hydrogen-bond donors (Lipinski definition) is 4. The number of anilines is 2. The lowest BCUT2D eigenvalue weighted by molar-refractivity contribution is -0.135. The summed E-state index contributed by atoms with van der Waals surface area (Å²) in [7, 11) is 0. The van der Waals surface area contributed by atoms with Gasteiger partial charge in [-0.3, -0.25) is 24.4 Å². The fourth-order valence-electron chi connectivity index (χ4n) is 6.93. The third-order valence-corrected chi connectivity index (χ3v) is 9.81. The molecular weight excluding hydrogens is 721 g/mol. The Balaban J connectivity index is 0.839. The van der Waals surface area contributed by atoms with Gasteiger partial charge in [-0.1, -0.05) is 30.2 Å². The van der Waals surface area contributed by atoms with Crippen molar-refractivity contribution < 1.29 is 33.0 Å². The molecule has 0 radical (unpaired) electrons. The number of halogens is 1. The number of carbonyl (C=O) groups excluding carboxylic acids is 3. The fraction of sp³-hybridized carbons (Fsp3) is 0.317. The summed E-state index contributed by atoms with van der Waals surface area (Å²) in [5.41, 5.74) is 5.19. The summed E-state index contributed by atoms with van der Waals surface area (Å²) < 4.78 is 26.7. The number of ether oxygens (including phenoxy) is 1. The van der Waals surface area contributed by atoms with Crippen LogP contribution in [-0.4, -0.2) is 68.2 Å². The number of nitrogens with one attached hydrogen (secondary N) is 3. The number of amides is 4. The molecule has 0 bridgehead atoms. The number of carbonyl (C=O) groups is 3. The summed E-state index contributed by atoms with van der Waals surface area (Å²) in [6, 6.07) is 16.5. The summed E-state index contributed by atoms with van der Waals surface area (Å²) in [5, 5.41) is 16.9. The second kappa shape index (κ2) is 17.5. The minimum absolute atomic E-state index is 0.116. The van der Waals surface area contributed by atoms with Crippen molar-refractivity contribution in [3.05, 3.63) is 118 Å². The van der Waals surface area contributed by atoms with Crippen molar-refractivity contribution in [3.8, 4) is 11.8 Å². The highest BCUT2D eigenvalue weighted by atomic mass is 19.1. The van der Waals surface area contributed by atoms with E-state index in [0.29, 0.717) is 35.5 Å². The predicted molar refractivity (Wildman–Crippen MR) is 204 cm³/mol. The third-order valence-electron chi connectivity index (χ3n) is 9.81. The number of pyridine rings is 2. The van der Waals surface area contributed by atoms with Crippen LogP contribution < -0.4 is 21.7 Å². The molecule has 15 heteroatoms. The van der Waals surface area contributed by atoms with Gasteiger partial charge in [0.1, 0.15) is 11.7 Å². The molecular formula is C41H40FN7O7. The maximum Gasteiger partial charge on any atom is 0.420 e. The van der Waals surface area contributed by atoms with Crippen LogP contribution in [0.1, 0.15) is 66.1 Å². The van der Waals surface area contributed by atoms with Gasteiger partial charge < -0.3 is 24.9 Å². The average molecular weight is 762 g/mol. The van der Waals surface area contributed by atoms with E-state index in [0.717, 1.165) is 62.3 Å². The Bertz CT molecular complexity index is 2360. The Morgan fingerprint density at radius 3 is 2.61 bits per heavy atom. The van der Waals surface area contributed by atoms with Crippen molar-refractivity contribution >= 4 is 40.3 Å². The maximum atomic E-state index is 13.5. The van der Waals surface area contributed by atoms with Crippen LogP contribution in [0, 0.1) is 17.8 Å². The smallest absolute Gasteiger partial charge is 0.407 e. The number of imide groups is 1. The standard InChI is InChI=1S/C41H40FN7O7/c42-36-22-33(29(25-50)23-44-36)46-40(53)45-31-14-17-43-30(21-31)11-10-26-6-8-27(9-7-26)24-48-18-15-32(16-19-48)55-20-2-4-28-3-1-5-34-38(28)56-41(54)49(34)35-12-13-37(51)47-39(35)52/h1,3,5-9,14,17,21-23,32,35,50H,2,4,12-13,15-16,18-20,24-25H2,(H,47,51,52)(H2,43,44,45,46,53). The molecule has 7 rings (SSSR count). The Kier molecular flexibility index (Phi) is 11.9. The maximum absolute atomic E-state index is 13.5. The summed E-state index contributed by atoms with van der Waals surface area (Å²) >= 11 is 0. The first-order valence-electron chi connectivity index (χ1n) is 18.4. The van der Waals surface area contributed by atoms with Crippen LogP contribution in [0.25, 0.3) is 11.1 Å². The van der Waals surface area contributed by atoms with Gasteiger partial charge in [0.15, 0.2) is 5.58 Å². The van der Waals surface area contributed by atoms with Crippen molar-refractivity contribution in [3.63, 3.8) is 0 Å². The number of benzene rings is 2. The van der Waals surface area contributed by atoms with E-state index in [4.69, 9.17) is 9.15 Å². The van der Waals surface area contributed by atoms with Gasteiger partial charge in [0.05, 0.1) is 23.9 Å². The number of fused-ring (bicyclic) bond motifs is 1. The van der Waals surface area contributed by atoms with Gasteiger partial charge in [-0.25, -0.2) is 19.6 Å². The van der Waals surface area contributed by atoms with E-state index >= 15 is 0 Å². The van der Waals surface area contributed by atoms with Gasteiger partial charge >= 0.3 is 11.8 Å². The molecule has 1 unspecified atom stereocenters. The lowest BCUT2D eigenvalue weighted by Crippen LogP contribution is -2.43. The molecule has 0 aliphatic carbocycles. The van der Waals surface area contributed by atoms with Crippen molar-refractivity contribution in [1.82, 2.24) is 24.8 Å². The molecule has 5 heterocycles. The van der Waals surface area contributed by atoms with E-state index in [9.17, 15) is 28.7 Å². The van der Waals surface area contributed by atoms with Crippen molar-refractivity contribution in [2.75, 3.05) is 30.3 Å². The number of aliphatic hydroxyl groups is 1. The molecule has 2 saturated heterocycles. The molecule has 2 aliphatic rings.